The summed E-state index contributed by atoms with van der Waals surface area (Å²) >= 11 is 0. The molecule has 3 aromatic carbocycles. The molecule has 30 heavy (non-hydrogen) atoms. The fraction of sp³-hybridized carbons (Fsp3) is 0.0800. The number of carbonyl (C=O) groups is 4. The van der Waals surface area contributed by atoms with Crippen molar-refractivity contribution in [1.82, 2.24) is 0 Å². The number of nitrogens with zero attached hydrogens (tertiary/aromatic N) is 1. The number of rotatable bonds is 3. The molecule has 0 N–H and O–H groups in total. The second kappa shape index (κ2) is 6.52. The van der Waals surface area contributed by atoms with E-state index in [9.17, 15) is 19.2 Å². The summed E-state index contributed by atoms with van der Waals surface area (Å²) < 4.78 is 0. The Balaban J connectivity index is 1.93. The van der Waals surface area contributed by atoms with E-state index in [1.54, 1.807) is 60.7 Å². The lowest BCUT2D eigenvalue weighted by atomic mass is 9.76. The zero-order valence-corrected chi connectivity index (χ0v) is 16.0. The first-order chi connectivity index (χ1) is 14.5. The van der Waals surface area contributed by atoms with Crippen molar-refractivity contribution < 1.29 is 19.2 Å². The van der Waals surface area contributed by atoms with Gasteiger partial charge >= 0.3 is 0 Å². The van der Waals surface area contributed by atoms with E-state index in [1.807, 2.05) is 0 Å². The largest absolute Gasteiger partial charge is 0.299 e. The summed E-state index contributed by atoms with van der Waals surface area (Å²) in [4.78, 5) is 55.7. The molecule has 1 atom stereocenters. The van der Waals surface area contributed by atoms with Gasteiger partial charge in [-0.25, -0.2) is 4.99 Å². The number of benzene rings is 3. The highest BCUT2D eigenvalue weighted by Gasteiger charge is 2.38. The van der Waals surface area contributed by atoms with Gasteiger partial charge in [-0.2, -0.15) is 0 Å². The van der Waals surface area contributed by atoms with Crippen molar-refractivity contribution in [1.29, 1.82) is 0 Å². The van der Waals surface area contributed by atoms with Crippen molar-refractivity contribution in [3.63, 3.8) is 0 Å². The zero-order chi connectivity index (χ0) is 21.0. The van der Waals surface area contributed by atoms with Gasteiger partial charge in [0, 0.05) is 27.5 Å². The molecule has 1 amide bonds. The number of Topliss-reactive ketones (excluding diaryl/α,β-unsaturated/α-hetero) is 1. The van der Waals surface area contributed by atoms with Gasteiger partial charge in [0.05, 0.1) is 5.36 Å². The standard InChI is InChI=1S/C25H15NO4/c1-13(27)19-20-15-9-5-6-10-16(15)24(29)17-11-12-18(22(21(17)20)26-25(19)30)23(28)14-7-3-2-4-8-14/h2-12,19H,1H3. The number of amides is 1. The van der Waals surface area contributed by atoms with Crippen LogP contribution in [-0.2, 0) is 9.59 Å². The van der Waals surface area contributed by atoms with Crippen molar-refractivity contribution in [2.24, 2.45) is 10.9 Å². The van der Waals surface area contributed by atoms with Gasteiger partial charge in [-0.3, -0.25) is 19.2 Å². The minimum atomic E-state index is -1.09. The second-order valence-electron chi connectivity index (χ2n) is 7.36. The first-order valence-electron chi connectivity index (χ1n) is 9.53. The van der Waals surface area contributed by atoms with Crippen molar-refractivity contribution >= 4 is 28.8 Å². The second-order valence-corrected chi connectivity index (χ2v) is 7.36. The summed E-state index contributed by atoms with van der Waals surface area (Å²) in [5.41, 5.74) is 2.49. The van der Waals surface area contributed by atoms with Crippen molar-refractivity contribution in [3.8, 4) is 0 Å². The smallest absolute Gasteiger partial charge is 0.261 e. The first kappa shape index (κ1) is 18.1. The van der Waals surface area contributed by atoms with Crippen LogP contribution in [0.4, 0.5) is 0 Å². The number of carbonyl (C=O) groups excluding carboxylic acids is 4. The molecule has 5 rings (SSSR count). The lowest BCUT2D eigenvalue weighted by molar-refractivity contribution is -0.128. The summed E-state index contributed by atoms with van der Waals surface area (Å²) in [7, 11) is 0. The van der Waals surface area contributed by atoms with Crippen LogP contribution < -0.4 is 10.6 Å². The van der Waals surface area contributed by atoms with Crippen molar-refractivity contribution in [2.45, 2.75) is 6.92 Å². The SMILES string of the molecule is CC(=O)C1C(=O)N=c2c(C(=O)c3ccccc3)ccc3c2=C1c1ccccc1C3=O. The number of hydrogen-bond donors (Lipinski definition) is 0. The minimum absolute atomic E-state index is 0.168. The minimum Gasteiger partial charge on any atom is -0.299 e. The lowest BCUT2D eigenvalue weighted by Gasteiger charge is -2.26. The summed E-state index contributed by atoms with van der Waals surface area (Å²) in [6, 6.07) is 18.7. The molecule has 2 aliphatic rings. The number of fused-ring (bicyclic) bond motifs is 2. The number of hydrogen-bond acceptors (Lipinski definition) is 4. The van der Waals surface area contributed by atoms with Crippen molar-refractivity contribution in [3.05, 3.63) is 105 Å². The monoisotopic (exact) mass is 393 g/mol. The predicted octanol–water partition coefficient (Wildman–Crippen LogP) is 2.03. The first-order valence-corrected chi connectivity index (χ1v) is 9.53. The Morgan fingerprint density at radius 2 is 1.47 bits per heavy atom. The van der Waals surface area contributed by atoms with E-state index in [2.05, 4.69) is 4.99 Å². The van der Waals surface area contributed by atoms with E-state index in [0.29, 0.717) is 33.0 Å². The molecule has 0 aromatic heterocycles. The summed E-state index contributed by atoms with van der Waals surface area (Å²) in [5.74, 6) is -2.56. The molecule has 1 heterocycles. The molecule has 0 saturated heterocycles. The maximum atomic E-state index is 13.2. The third-order valence-corrected chi connectivity index (χ3v) is 5.60. The Labute approximate surface area is 171 Å². The lowest BCUT2D eigenvalue weighted by Crippen LogP contribution is -2.47. The predicted molar refractivity (Wildman–Crippen MR) is 109 cm³/mol. The average molecular weight is 393 g/mol. The molecule has 3 aromatic rings. The molecule has 0 saturated carbocycles. The van der Waals surface area contributed by atoms with Crippen LogP contribution in [0.15, 0.2) is 71.7 Å². The van der Waals surface area contributed by atoms with E-state index in [0.717, 1.165) is 0 Å². The van der Waals surface area contributed by atoms with Gasteiger partial charge in [0.25, 0.3) is 5.91 Å². The van der Waals surface area contributed by atoms with Gasteiger partial charge in [-0.15, -0.1) is 0 Å². The van der Waals surface area contributed by atoms with E-state index >= 15 is 0 Å². The molecule has 1 unspecified atom stereocenters. The molecule has 5 nitrogen and oxygen atoms in total. The summed E-state index contributed by atoms with van der Waals surface area (Å²) in [6.45, 7) is 1.34. The molecule has 0 fully saturated rings. The highest BCUT2D eigenvalue weighted by Crippen LogP contribution is 2.31. The van der Waals surface area contributed by atoms with E-state index in [-0.39, 0.29) is 28.3 Å². The van der Waals surface area contributed by atoms with Crippen LogP contribution in [0.3, 0.4) is 0 Å². The Kier molecular flexibility index (Phi) is 3.93. The van der Waals surface area contributed by atoms with Crippen LogP contribution in [0, 0.1) is 5.92 Å². The Morgan fingerprint density at radius 1 is 0.800 bits per heavy atom. The normalized spacial score (nSPS) is 16.4. The van der Waals surface area contributed by atoms with Crippen LogP contribution in [0.5, 0.6) is 0 Å². The molecule has 0 bridgehead atoms. The molecule has 144 valence electrons. The third kappa shape index (κ3) is 2.45. The molecule has 1 aliphatic heterocycles. The number of ketones is 3. The Morgan fingerprint density at radius 3 is 2.17 bits per heavy atom. The fourth-order valence-electron chi connectivity index (χ4n) is 4.27. The average Bonchev–Trinajstić information content (AvgIpc) is 2.76. The summed E-state index contributed by atoms with van der Waals surface area (Å²) in [6.07, 6.45) is 0. The van der Waals surface area contributed by atoms with Gasteiger partial charge < -0.3 is 0 Å². The van der Waals surface area contributed by atoms with Gasteiger partial charge in [-0.05, 0) is 30.2 Å². The quantitative estimate of drug-likeness (QED) is 0.504. The Hall–Kier alpha value is -3.99. The maximum Gasteiger partial charge on any atom is 0.261 e. The van der Waals surface area contributed by atoms with E-state index in [4.69, 9.17) is 0 Å². The van der Waals surface area contributed by atoms with Gasteiger partial charge in [0.2, 0.25) is 0 Å². The fourth-order valence-corrected chi connectivity index (χ4v) is 4.27. The van der Waals surface area contributed by atoms with Gasteiger partial charge in [0.15, 0.2) is 11.6 Å². The molecular weight excluding hydrogens is 378 g/mol. The third-order valence-electron chi connectivity index (χ3n) is 5.60. The molecule has 5 heteroatoms. The molecular formula is C25H15NO4. The van der Waals surface area contributed by atoms with E-state index < -0.39 is 11.8 Å². The highest BCUT2D eigenvalue weighted by atomic mass is 16.2. The highest BCUT2D eigenvalue weighted by molar-refractivity contribution is 6.21. The Bertz CT molecular complexity index is 1420. The zero-order valence-electron chi connectivity index (χ0n) is 16.0. The van der Waals surface area contributed by atoms with Gasteiger partial charge in [0.1, 0.15) is 11.7 Å². The maximum absolute atomic E-state index is 13.2. The van der Waals surface area contributed by atoms with Crippen LogP contribution in [0.1, 0.15) is 44.3 Å². The van der Waals surface area contributed by atoms with Crippen LogP contribution in [0.2, 0.25) is 0 Å². The van der Waals surface area contributed by atoms with E-state index in [1.165, 1.54) is 13.0 Å². The van der Waals surface area contributed by atoms with Crippen LogP contribution in [0.25, 0.3) is 5.57 Å². The molecule has 0 radical (unpaired) electrons. The van der Waals surface area contributed by atoms with Crippen LogP contribution in [-0.4, -0.2) is 23.3 Å². The topological polar surface area (TPSA) is 80.6 Å². The van der Waals surface area contributed by atoms with Crippen LogP contribution >= 0.6 is 0 Å². The molecule has 1 aliphatic carbocycles. The summed E-state index contributed by atoms with van der Waals surface area (Å²) in [5, 5.41) is 0.585. The molecule has 0 spiro atoms. The van der Waals surface area contributed by atoms with Gasteiger partial charge in [-0.1, -0.05) is 54.6 Å². The van der Waals surface area contributed by atoms with Crippen molar-refractivity contribution in [2.75, 3.05) is 0 Å².